The second kappa shape index (κ2) is 3.83. The number of pyridine rings is 1. The summed E-state index contributed by atoms with van der Waals surface area (Å²) < 4.78 is 0. The van der Waals surface area contributed by atoms with Crippen LogP contribution in [0.15, 0.2) is 18.5 Å². The van der Waals surface area contributed by atoms with E-state index in [1.54, 1.807) is 18.5 Å². The number of nitrogens with zero attached hydrogens (tertiary/aromatic N) is 1. The summed E-state index contributed by atoms with van der Waals surface area (Å²) in [5.41, 5.74) is 6.67. The molecule has 0 radical (unpaired) electrons. The zero-order chi connectivity index (χ0) is 11.8. The Morgan fingerprint density at radius 2 is 2.31 bits per heavy atom. The number of hydrogen-bond acceptors (Lipinski definition) is 3. The lowest BCUT2D eigenvalue weighted by Gasteiger charge is -2.14. The number of nitrogens with two attached hydrogens (primary N) is 1. The van der Waals surface area contributed by atoms with Crippen LogP contribution in [-0.4, -0.2) is 15.9 Å². The molecule has 5 heteroatoms. The molecule has 1 heterocycles. The highest BCUT2D eigenvalue weighted by molar-refractivity contribution is 7.80. The molecule has 0 unspecified atom stereocenters. The third-order valence-corrected chi connectivity index (χ3v) is 3.32. The molecular weight excluding hydrogens is 222 g/mol. The summed E-state index contributed by atoms with van der Waals surface area (Å²) in [6, 6.07) is 1.77. The quantitative estimate of drug-likeness (QED) is 0.777. The van der Waals surface area contributed by atoms with Gasteiger partial charge in [-0.3, -0.25) is 9.78 Å². The topological polar surface area (TPSA) is 68.0 Å². The SMILES string of the molecule is Cc1cnccc1NC(=O)C1(C(N)=S)CC1. The molecule has 0 spiro atoms. The van der Waals surface area contributed by atoms with Gasteiger partial charge in [0.2, 0.25) is 5.91 Å². The molecule has 2 rings (SSSR count). The average molecular weight is 235 g/mol. The predicted molar refractivity (Wildman–Crippen MR) is 66.1 cm³/mol. The minimum atomic E-state index is -0.606. The average Bonchev–Trinajstić information content (AvgIpc) is 3.02. The van der Waals surface area contributed by atoms with Crippen LogP contribution in [-0.2, 0) is 4.79 Å². The minimum absolute atomic E-state index is 0.102. The lowest BCUT2D eigenvalue weighted by atomic mass is 10.1. The van der Waals surface area contributed by atoms with E-state index in [2.05, 4.69) is 10.3 Å². The van der Waals surface area contributed by atoms with Gasteiger partial charge < -0.3 is 11.1 Å². The third-order valence-electron chi connectivity index (χ3n) is 2.92. The van der Waals surface area contributed by atoms with Crippen molar-refractivity contribution < 1.29 is 4.79 Å². The second-order valence-electron chi connectivity index (χ2n) is 4.09. The van der Waals surface area contributed by atoms with Crippen molar-refractivity contribution in [2.45, 2.75) is 19.8 Å². The fraction of sp³-hybridized carbons (Fsp3) is 0.364. The van der Waals surface area contributed by atoms with Gasteiger partial charge >= 0.3 is 0 Å². The molecule has 16 heavy (non-hydrogen) atoms. The maximum absolute atomic E-state index is 12.0. The molecule has 0 aliphatic heterocycles. The summed E-state index contributed by atoms with van der Waals surface area (Å²) in [6.45, 7) is 1.89. The number of hydrogen-bond donors (Lipinski definition) is 2. The zero-order valence-electron chi connectivity index (χ0n) is 8.99. The number of carbonyl (C=O) groups excluding carboxylic acids is 1. The van der Waals surface area contributed by atoms with Crippen LogP contribution in [0.5, 0.6) is 0 Å². The van der Waals surface area contributed by atoms with E-state index >= 15 is 0 Å². The van der Waals surface area contributed by atoms with Crippen LogP contribution >= 0.6 is 12.2 Å². The number of aryl methyl sites for hydroxylation is 1. The van der Waals surface area contributed by atoms with Gasteiger partial charge in [0.1, 0.15) is 0 Å². The number of thiocarbonyl (C=S) groups is 1. The Kier molecular flexibility index (Phi) is 2.63. The molecule has 1 aromatic rings. The van der Waals surface area contributed by atoms with Gasteiger partial charge in [0.15, 0.2) is 0 Å². The molecule has 1 aliphatic carbocycles. The molecule has 0 aromatic carbocycles. The first-order valence-electron chi connectivity index (χ1n) is 5.08. The van der Waals surface area contributed by atoms with Gasteiger partial charge in [0.05, 0.1) is 10.4 Å². The van der Waals surface area contributed by atoms with E-state index in [4.69, 9.17) is 18.0 Å². The van der Waals surface area contributed by atoms with E-state index < -0.39 is 5.41 Å². The fourth-order valence-electron chi connectivity index (χ4n) is 1.57. The predicted octanol–water partition coefficient (Wildman–Crippen LogP) is 1.39. The number of carbonyl (C=O) groups is 1. The molecule has 0 bridgehead atoms. The van der Waals surface area contributed by atoms with Crippen LogP contribution < -0.4 is 11.1 Å². The molecule has 0 atom stereocenters. The van der Waals surface area contributed by atoms with Gasteiger partial charge in [-0.15, -0.1) is 0 Å². The second-order valence-corrected chi connectivity index (χ2v) is 4.53. The highest BCUT2D eigenvalue weighted by Gasteiger charge is 2.52. The molecule has 1 aromatic heterocycles. The van der Waals surface area contributed by atoms with Crippen molar-refractivity contribution in [2.75, 3.05) is 5.32 Å². The third kappa shape index (κ3) is 1.78. The summed E-state index contributed by atoms with van der Waals surface area (Å²) in [6.07, 6.45) is 4.84. The van der Waals surface area contributed by atoms with Crippen molar-refractivity contribution in [1.29, 1.82) is 0 Å². The molecule has 1 aliphatic rings. The van der Waals surface area contributed by atoms with E-state index in [-0.39, 0.29) is 10.9 Å². The Hall–Kier alpha value is -1.49. The van der Waals surface area contributed by atoms with Crippen LogP contribution in [0.25, 0.3) is 0 Å². The lowest BCUT2D eigenvalue weighted by molar-refractivity contribution is -0.118. The summed E-state index contributed by atoms with van der Waals surface area (Å²) in [5, 5.41) is 2.85. The van der Waals surface area contributed by atoms with E-state index in [1.807, 2.05) is 6.92 Å². The van der Waals surface area contributed by atoms with Crippen molar-refractivity contribution in [1.82, 2.24) is 4.98 Å². The van der Waals surface area contributed by atoms with Crippen molar-refractivity contribution in [3.63, 3.8) is 0 Å². The monoisotopic (exact) mass is 235 g/mol. The lowest BCUT2D eigenvalue weighted by Crippen LogP contribution is -2.35. The van der Waals surface area contributed by atoms with Gasteiger partial charge in [0.25, 0.3) is 0 Å². The minimum Gasteiger partial charge on any atom is -0.392 e. The molecular formula is C11H13N3OS. The molecule has 84 valence electrons. The number of anilines is 1. The normalized spacial score (nSPS) is 16.6. The number of nitrogens with one attached hydrogen (secondary N) is 1. The molecule has 4 nitrogen and oxygen atoms in total. The molecule has 1 saturated carbocycles. The number of rotatable bonds is 3. The Bertz CT molecular complexity index is 454. The summed E-state index contributed by atoms with van der Waals surface area (Å²) in [7, 11) is 0. The maximum Gasteiger partial charge on any atom is 0.237 e. The van der Waals surface area contributed by atoms with Crippen molar-refractivity contribution in [2.24, 2.45) is 11.1 Å². The van der Waals surface area contributed by atoms with Crippen LogP contribution in [0, 0.1) is 12.3 Å². The molecule has 1 amide bonds. The van der Waals surface area contributed by atoms with E-state index in [1.165, 1.54) is 0 Å². The van der Waals surface area contributed by atoms with Gasteiger partial charge in [-0.25, -0.2) is 0 Å². The number of aromatic nitrogens is 1. The highest BCUT2D eigenvalue weighted by atomic mass is 32.1. The van der Waals surface area contributed by atoms with Crippen LogP contribution in [0.2, 0.25) is 0 Å². The first kappa shape index (κ1) is 11.0. The van der Waals surface area contributed by atoms with Gasteiger partial charge in [-0.05, 0) is 31.4 Å². The Morgan fingerprint density at radius 1 is 1.62 bits per heavy atom. The Morgan fingerprint density at radius 3 is 2.81 bits per heavy atom. The van der Waals surface area contributed by atoms with Gasteiger partial charge in [-0.1, -0.05) is 12.2 Å². The Labute approximate surface area is 99.2 Å². The van der Waals surface area contributed by atoms with Crippen molar-refractivity contribution in [3.05, 3.63) is 24.0 Å². The van der Waals surface area contributed by atoms with E-state index in [0.717, 1.165) is 24.1 Å². The largest absolute Gasteiger partial charge is 0.392 e. The molecule has 3 N–H and O–H groups in total. The van der Waals surface area contributed by atoms with Crippen LogP contribution in [0.3, 0.4) is 0 Å². The first-order valence-corrected chi connectivity index (χ1v) is 5.49. The summed E-state index contributed by atoms with van der Waals surface area (Å²) >= 11 is 4.92. The van der Waals surface area contributed by atoms with Crippen LogP contribution in [0.4, 0.5) is 5.69 Å². The van der Waals surface area contributed by atoms with Crippen molar-refractivity contribution >= 4 is 28.8 Å². The summed E-state index contributed by atoms with van der Waals surface area (Å²) in [4.78, 5) is 16.2. The first-order chi connectivity index (χ1) is 7.56. The zero-order valence-corrected chi connectivity index (χ0v) is 9.80. The van der Waals surface area contributed by atoms with Crippen molar-refractivity contribution in [3.8, 4) is 0 Å². The van der Waals surface area contributed by atoms with Crippen LogP contribution in [0.1, 0.15) is 18.4 Å². The smallest absolute Gasteiger partial charge is 0.237 e. The van der Waals surface area contributed by atoms with Gasteiger partial charge in [-0.2, -0.15) is 0 Å². The Balaban J connectivity index is 2.15. The summed E-state index contributed by atoms with van der Waals surface area (Å²) in [5.74, 6) is -0.102. The van der Waals surface area contributed by atoms with E-state index in [0.29, 0.717) is 0 Å². The number of amides is 1. The standard InChI is InChI=1S/C11H13N3OS/c1-7-6-13-5-2-8(7)14-10(15)11(3-4-11)9(12)16/h2,5-6H,3-4H2,1H3,(H2,12,16)(H,13,14,15). The van der Waals surface area contributed by atoms with Gasteiger partial charge in [0, 0.05) is 18.1 Å². The molecule has 1 fully saturated rings. The molecule has 0 saturated heterocycles. The highest BCUT2D eigenvalue weighted by Crippen LogP contribution is 2.46. The van der Waals surface area contributed by atoms with E-state index in [9.17, 15) is 4.79 Å². The fourth-order valence-corrected chi connectivity index (χ4v) is 1.86. The maximum atomic E-state index is 12.0.